The van der Waals surface area contributed by atoms with E-state index in [0.717, 1.165) is 28.2 Å². The summed E-state index contributed by atoms with van der Waals surface area (Å²) in [6.45, 7) is 4.72. The van der Waals surface area contributed by atoms with Crippen LogP contribution >= 0.6 is 0 Å². The zero-order chi connectivity index (χ0) is 30.2. The zero-order valence-electron chi connectivity index (χ0n) is 25.4. The van der Waals surface area contributed by atoms with Gasteiger partial charge in [0.15, 0.2) is 0 Å². The highest BCUT2D eigenvalue weighted by molar-refractivity contribution is 5.94. The van der Waals surface area contributed by atoms with E-state index in [4.69, 9.17) is 4.74 Å². The molecule has 1 heterocycles. The fraction of sp³-hybridized carbons (Fsp3) is 0.0909. The lowest BCUT2D eigenvalue weighted by molar-refractivity contribution is 0.436. The van der Waals surface area contributed by atoms with Gasteiger partial charge in [0.25, 0.3) is 0 Å². The maximum Gasteiger partial charge on any atom is 0.140 e. The molecule has 214 valence electrons. The molecule has 0 aromatic heterocycles. The van der Waals surface area contributed by atoms with E-state index in [0.29, 0.717) is 0 Å². The predicted molar refractivity (Wildman–Crippen MR) is 185 cm³/mol. The monoisotopic (exact) mass is 576 g/mol. The van der Waals surface area contributed by atoms with Gasteiger partial charge in [-0.3, -0.25) is 0 Å². The molecule has 0 saturated carbocycles. The topological polar surface area (TPSA) is 9.23 Å². The highest BCUT2D eigenvalue weighted by Gasteiger charge is 2.46. The van der Waals surface area contributed by atoms with Crippen LogP contribution in [-0.2, 0) is 10.8 Å². The van der Waals surface area contributed by atoms with Gasteiger partial charge in [-0.15, -0.1) is 0 Å². The van der Waals surface area contributed by atoms with Gasteiger partial charge in [-0.05, 0) is 74.0 Å². The van der Waals surface area contributed by atoms with Crippen molar-refractivity contribution in [2.24, 2.45) is 0 Å². The summed E-state index contributed by atoms with van der Waals surface area (Å²) in [4.78, 5) is 0. The first-order valence-corrected chi connectivity index (χ1v) is 15.8. The van der Waals surface area contributed by atoms with Crippen molar-refractivity contribution in [2.45, 2.75) is 24.7 Å². The summed E-state index contributed by atoms with van der Waals surface area (Å²) >= 11 is 0. The van der Waals surface area contributed by atoms with Crippen LogP contribution in [0.2, 0.25) is 0 Å². The second-order valence-corrected chi connectivity index (χ2v) is 12.9. The van der Waals surface area contributed by atoms with Crippen molar-refractivity contribution in [3.05, 3.63) is 191 Å². The molecule has 45 heavy (non-hydrogen) atoms. The minimum Gasteiger partial charge on any atom is -0.456 e. The smallest absolute Gasteiger partial charge is 0.140 e. The lowest BCUT2D eigenvalue weighted by Crippen LogP contribution is -2.34. The van der Waals surface area contributed by atoms with Gasteiger partial charge in [-0.2, -0.15) is 0 Å². The Bertz CT molecular complexity index is 2220. The molecule has 7 aromatic carbocycles. The summed E-state index contributed by atoms with van der Waals surface area (Å²) < 4.78 is 6.95. The number of hydrogen-bond acceptors (Lipinski definition) is 1. The molecule has 1 aliphatic carbocycles. The minimum absolute atomic E-state index is 0.120. The maximum absolute atomic E-state index is 6.95. The molecular weight excluding hydrogens is 544 g/mol. The number of hydrogen-bond donors (Lipinski definition) is 0. The second kappa shape index (κ2) is 9.55. The van der Waals surface area contributed by atoms with Crippen LogP contribution in [0, 0.1) is 0 Å². The van der Waals surface area contributed by atoms with Gasteiger partial charge < -0.3 is 4.74 Å². The van der Waals surface area contributed by atoms with E-state index in [9.17, 15) is 0 Å². The summed E-state index contributed by atoms with van der Waals surface area (Å²) in [5.41, 5.74) is 11.8. The highest BCUT2D eigenvalue weighted by atomic mass is 16.5. The van der Waals surface area contributed by atoms with Crippen molar-refractivity contribution in [2.75, 3.05) is 0 Å². The molecule has 1 nitrogen and oxygen atoms in total. The molecule has 0 radical (unpaired) electrons. The quantitative estimate of drug-likeness (QED) is 0.203. The highest BCUT2D eigenvalue weighted by Crippen LogP contribution is 2.58. The third-order valence-corrected chi connectivity index (χ3v) is 10.2. The molecule has 7 aromatic rings. The van der Waals surface area contributed by atoms with Crippen molar-refractivity contribution in [1.29, 1.82) is 0 Å². The number of benzene rings is 7. The van der Waals surface area contributed by atoms with E-state index in [2.05, 4.69) is 172 Å². The molecule has 0 unspecified atom stereocenters. The van der Waals surface area contributed by atoms with E-state index in [1.807, 2.05) is 0 Å². The maximum atomic E-state index is 6.95. The zero-order valence-corrected chi connectivity index (χ0v) is 25.4. The van der Waals surface area contributed by atoms with E-state index in [-0.39, 0.29) is 5.41 Å². The van der Waals surface area contributed by atoms with Crippen molar-refractivity contribution in [1.82, 2.24) is 0 Å². The average molecular weight is 577 g/mol. The van der Waals surface area contributed by atoms with Gasteiger partial charge in [0.1, 0.15) is 11.5 Å². The van der Waals surface area contributed by atoms with Crippen molar-refractivity contribution in [3.8, 4) is 33.8 Å². The van der Waals surface area contributed by atoms with E-state index >= 15 is 0 Å². The average Bonchev–Trinajstić information content (AvgIpc) is 3.31. The van der Waals surface area contributed by atoms with Crippen LogP contribution in [0.15, 0.2) is 158 Å². The lowest BCUT2D eigenvalue weighted by atomic mass is 9.63. The Hall–Kier alpha value is -5.40. The molecule has 0 spiro atoms. The first-order chi connectivity index (χ1) is 22.1. The van der Waals surface area contributed by atoms with Gasteiger partial charge in [-0.25, -0.2) is 0 Å². The molecule has 0 N–H and O–H groups in total. The van der Waals surface area contributed by atoms with Crippen LogP contribution in [0.4, 0.5) is 0 Å². The Morgan fingerprint density at radius 2 is 1.02 bits per heavy atom. The van der Waals surface area contributed by atoms with Crippen LogP contribution in [0.25, 0.3) is 33.0 Å². The van der Waals surface area contributed by atoms with E-state index in [1.165, 1.54) is 49.7 Å². The van der Waals surface area contributed by atoms with Gasteiger partial charge >= 0.3 is 0 Å². The third-order valence-electron chi connectivity index (χ3n) is 10.2. The first-order valence-electron chi connectivity index (χ1n) is 15.8. The molecule has 0 fully saturated rings. The normalized spacial score (nSPS) is 15.0. The van der Waals surface area contributed by atoms with Crippen molar-refractivity contribution >= 4 is 10.8 Å². The minimum atomic E-state index is -0.533. The van der Waals surface area contributed by atoms with Crippen molar-refractivity contribution < 1.29 is 4.74 Å². The van der Waals surface area contributed by atoms with Crippen LogP contribution in [0.3, 0.4) is 0 Å². The summed E-state index contributed by atoms with van der Waals surface area (Å²) in [7, 11) is 0. The number of fused-ring (bicyclic) bond motifs is 6. The van der Waals surface area contributed by atoms with Crippen molar-refractivity contribution in [3.63, 3.8) is 0 Å². The number of ether oxygens (including phenoxy) is 1. The third kappa shape index (κ3) is 3.61. The molecule has 0 saturated heterocycles. The van der Waals surface area contributed by atoms with Crippen LogP contribution in [0.1, 0.15) is 47.2 Å². The fourth-order valence-corrected chi connectivity index (χ4v) is 8.04. The summed E-state index contributed by atoms with van der Waals surface area (Å²) in [5, 5.41) is 2.58. The first kappa shape index (κ1) is 26.0. The Labute approximate surface area is 264 Å². The van der Waals surface area contributed by atoms with Gasteiger partial charge in [-0.1, -0.05) is 147 Å². The molecule has 0 bridgehead atoms. The Morgan fingerprint density at radius 3 is 1.76 bits per heavy atom. The Kier molecular flexibility index (Phi) is 5.53. The summed E-state index contributed by atoms with van der Waals surface area (Å²) in [5.74, 6) is 1.81. The van der Waals surface area contributed by atoms with Gasteiger partial charge in [0.05, 0.1) is 5.41 Å². The standard InChI is InChI=1S/C44H32O/c1-43(2)39-28-31(24-25-35(39)36-26-29-14-9-10-15-30(29)27-40(36)43)34-20-13-22-38-42(34)45-41-23-12-11-21-37(41)44(38,32-16-5-3-6-17-32)33-18-7-4-8-19-33/h3-28H,1-2H3. The largest absolute Gasteiger partial charge is 0.456 e. The summed E-state index contributed by atoms with van der Waals surface area (Å²) in [6.07, 6.45) is 0. The number of rotatable bonds is 3. The van der Waals surface area contributed by atoms with E-state index < -0.39 is 5.41 Å². The van der Waals surface area contributed by atoms with E-state index in [1.54, 1.807) is 0 Å². The Balaban J connectivity index is 1.29. The lowest BCUT2D eigenvalue weighted by Gasteiger charge is -2.42. The summed E-state index contributed by atoms with van der Waals surface area (Å²) in [6, 6.07) is 57.5. The second-order valence-electron chi connectivity index (χ2n) is 12.9. The Morgan fingerprint density at radius 1 is 0.422 bits per heavy atom. The van der Waals surface area contributed by atoms with Gasteiger partial charge in [0.2, 0.25) is 0 Å². The molecule has 1 heteroatoms. The SMILES string of the molecule is CC1(C)c2cc(-c3cccc4c3Oc3ccccc3C4(c3ccccc3)c3ccccc3)ccc2-c2cc3ccccc3cc21. The van der Waals surface area contributed by atoms with Crippen LogP contribution in [-0.4, -0.2) is 0 Å². The molecule has 1 aliphatic heterocycles. The predicted octanol–water partition coefficient (Wildman–Crippen LogP) is 11.3. The van der Waals surface area contributed by atoms with Gasteiger partial charge in [0, 0.05) is 22.1 Å². The molecule has 9 rings (SSSR count). The molecule has 0 atom stereocenters. The molecule has 2 aliphatic rings. The van der Waals surface area contributed by atoms with Crippen LogP contribution < -0.4 is 4.74 Å². The molecular formula is C44H32O. The number of para-hydroxylation sites is 2. The van der Waals surface area contributed by atoms with Crippen LogP contribution in [0.5, 0.6) is 11.5 Å². The fourth-order valence-electron chi connectivity index (χ4n) is 8.04. The molecule has 0 amide bonds.